The Morgan fingerprint density at radius 3 is 2.52 bits per heavy atom. The Bertz CT molecular complexity index is 613. The number of aryl methyl sites for hydroxylation is 1. The highest BCUT2D eigenvalue weighted by atomic mass is 79.9. The van der Waals surface area contributed by atoms with Gasteiger partial charge < -0.3 is 10.1 Å². The van der Waals surface area contributed by atoms with Crippen molar-refractivity contribution in [1.29, 1.82) is 0 Å². The van der Waals surface area contributed by atoms with Crippen molar-refractivity contribution in [3.05, 3.63) is 57.0 Å². The first-order valence-electron chi connectivity index (χ1n) is 6.96. The molecule has 0 amide bonds. The third kappa shape index (κ3) is 4.14. The SMILES string of the molecule is CCOc1c(Br)cc(Cl)cc1NC(C)c1ccc(C)cc1. The van der Waals surface area contributed by atoms with Gasteiger partial charge in [-0.3, -0.25) is 0 Å². The fourth-order valence-electron chi connectivity index (χ4n) is 2.13. The first kappa shape index (κ1) is 16.2. The van der Waals surface area contributed by atoms with Crippen LogP contribution in [0.5, 0.6) is 5.75 Å². The molecule has 0 radical (unpaired) electrons. The summed E-state index contributed by atoms with van der Waals surface area (Å²) in [5.74, 6) is 0.792. The lowest BCUT2D eigenvalue weighted by atomic mass is 10.1. The molecule has 1 N–H and O–H groups in total. The molecule has 0 spiro atoms. The van der Waals surface area contributed by atoms with Crippen LogP contribution in [0.4, 0.5) is 5.69 Å². The zero-order chi connectivity index (χ0) is 15.4. The Morgan fingerprint density at radius 1 is 1.24 bits per heavy atom. The van der Waals surface area contributed by atoms with E-state index in [1.54, 1.807) is 0 Å². The molecular weight excluding hydrogens is 350 g/mol. The van der Waals surface area contributed by atoms with Crippen LogP contribution in [0.25, 0.3) is 0 Å². The highest BCUT2D eigenvalue weighted by Gasteiger charge is 2.13. The van der Waals surface area contributed by atoms with Crippen molar-refractivity contribution in [2.75, 3.05) is 11.9 Å². The molecule has 2 aromatic carbocycles. The van der Waals surface area contributed by atoms with Crippen molar-refractivity contribution >= 4 is 33.2 Å². The van der Waals surface area contributed by atoms with Crippen LogP contribution in [0.15, 0.2) is 40.9 Å². The van der Waals surface area contributed by atoms with Crippen LogP contribution in [-0.4, -0.2) is 6.61 Å². The molecule has 21 heavy (non-hydrogen) atoms. The van der Waals surface area contributed by atoms with E-state index in [-0.39, 0.29) is 6.04 Å². The normalized spacial score (nSPS) is 12.0. The minimum Gasteiger partial charge on any atom is -0.491 e. The Morgan fingerprint density at radius 2 is 1.90 bits per heavy atom. The van der Waals surface area contributed by atoms with E-state index in [1.807, 2.05) is 19.1 Å². The van der Waals surface area contributed by atoms with Crippen molar-refractivity contribution in [2.24, 2.45) is 0 Å². The van der Waals surface area contributed by atoms with Gasteiger partial charge in [0.25, 0.3) is 0 Å². The summed E-state index contributed by atoms with van der Waals surface area (Å²) >= 11 is 9.65. The Hall–Kier alpha value is -1.19. The average Bonchev–Trinajstić information content (AvgIpc) is 2.43. The van der Waals surface area contributed by atoms with Crippen molar-refractivity contribution < 1.29 is 4.74 Å². The van der Waals surface area contributed by atoms with Gasteiger partial charge in [0, 0.05) is 11.1 Å². The minimum absolute atomic E-state index is 0.162. The summed E-state index contributed by atoms with van der Waals surface area (Å²) in [6.07, 6.45) is 0. The zero-order valence-electron chi connectivity index (χ0n) is 12.4. The van der Waals surface area contributed by atoms with Gasteiger partial charge >= 0.3 is 0 Å². The topological polar surface area (TPSA) is 21.3 Å². The van der Waals surface area contributed by atoms with E-state index in [0.717, 1.165) is 15.9 Å². The standard InChI is InChI=1S/C17H19BrClNO/c1-4-21-17-15(18)9-14(19)10-16(17)20-12(3)13-7-5-11(2)6-8-13/h5-10,12,20H,4H2,1-3H3. The maximum absolute atomic E-state index is 6.15. The predicted octanol–water partition coefficient (Wildman–Crippen LogP) is 5.98. The smallest absolute Gasteiger partial charge is 0.156 e. The van der Waals surface area contributed by atoms with Gasteiger partial charge in [0.05, 0.1) is 16.8 Å². The Labute approximate surface area is 139 Å². The molecule has 4 heteroatoms. The maximum atomic E-state index is 6.15. The minimum atomic E-state index is 0.162. The molecule has 1 atom stereocenters. The Balaban J connectivity index is 2.27. The summed E-state index contributed by atoms with van der Waals surface area (Å²) in [5, 5.41) is 4.14. The van der Waals surface area contributed by atoms with Gasteiger partial charge in [-0.25, -0.2) is 0 Å². The van der Waals surface area contributed by atoms with Crippen molar-refractivity contribution in [3.63, 3.8) is 0 Å². The molecule has 0 saturated heterocycles. The summed E-state index contributed by atoms with van der Waals surface area (Å²) < 4.78 is 6.57. The number of anilines is 1. The van der Waals surface area contributed by atoms with Gasteiger partial charge in [-0.05, 0) is 54.4 Å². The third-order valence-corrected chi connectivity index (χ3v) is 4.05. The van der Waals surface area contributed by atoms with Crippen LogP contribution in [0.2, 0.25) is 5.02 Å². The first-order valence-corrected chi connectivity index (χ1v) is 8.13. The second-order valence-electron chi connectivity index (χ2n) is 4.97. The van der Waals surface area contributed by atoms with Gasteiger partial charge in [0.2, 0.25) is 0 Å². The summed E-state index contributed by atoms with van der Waals surface area (Å²) in [6.45, 7) is 6.78. The highest BCUT2D eigenvalue weighted by Crippen LogP contribution is 2.38. The van der Waals surface area contributed by atoms with E-state index in [0.29, 0.717) is 11.6 Å². The molecule has 2 rings (SSSR count). The predicted molar refractivity (Wildman–Crippen MR) is 93.5 cm³/mol. The highest BCUT2D eigenvalue weighted by molar-refractivity contribution is 9.10. The van der Waals surface area contributed by atoms with Crippen LogP contribution in [0.3, 0.4) is 0 Å². The molecule has 0 saturated carbocycles. The fourth-order valence-corrected chi connectivity index (χ4v) is 3.06. The van der Waals surface area contributed by atoms with Gasteiger partial charge in [-0.1, -0.05) is 41.4 Å². The van der Waals surface area contributed by atoms with Crippen LogP contribution in [-0.2, 0) is 0 Å². The molecule has 0 fully saturated rings. The van der Waals surface area contributed by atoms with E-state index in [4.69, 9.17) is 16.3 Å². The molecule has 0 bridgehead atoms. The monoisotopic (exact) mass is 367 g/mol. The average molecular weight is 369 g/mol. The van der Waals surface area contributed by atoms with Crippen LogP contribution >= 0.6 is 27.5 Å². The number of nitrogens with one attached hydrogen (secondary N) is 1. The molecule has 2 nitrogen and oxygen atoms in total. The lowest BCUT2D eigenvalue weighted by Gasteiger charge is -2.20. The number of hydrogen-bond acceptors (Lipinski definition) is 2. The summed E-state index contributed by atoms with van der Waals surface area (Å²) in [5.41, 5.74) is 3.37. The quantitative estimate of drug-likeness (QED) is 0.700. The molecule has 112 valence electrons. The van der Waals surface area contributed by atoms with Gasteiger partial charge in [-0.2, -0.15) is 0 Å². The van der Waals surface area contributed by atoms with Crippen LogP contribution in [0.1, 0.15) is 31.0 Å². The largest absolute Gasteiger partial charge is 0.491 e. The molecule has 0 heterocycles. The Kier molecular flexibility index (Phi) is 5.54. The summed E-state index contributed by atoms with van der Waals surface area (Å²) in [4.78, 5) is 0. The lowest BCUT2D eigenvalue weighted by Crippen LogP contribution is -2.08. The van der Waals surface area contributed by atoms with Crippen molar-refractivity contribution in [3.8, 4) is 5.75 Å². The molecule has 2 aromatic rings. The van der Waals surface area contributed by atoms with Crippen molar-refractivity contribution in [2.45, 2.75) is 26.8 Å². The molecule has 0 aliphatic rings. The number of rotatable bonds is 5. The summed E-state index contributed by atoms with van der Waals surface area (Å²) in [7, 11) is 0. The molecule has 0 aliphatic carbocycles. The summed E-state index contributed by atoms with van der Waals surface area (Å²) in [6, 6.07) is 12.4. The van der Waals surface area contributed by atoms with Crippen LogP contribution in [0, 0.1) is 6.92 Å². The second-order valence-corrected chi connectivity index (χ2v) is 6.26. The lowest BCUT2D eigenvalue weighted by molar-refractivity contribution is 0.339. The van der Waals surface area contributed by atoms with E-state index in [2.05, 4.69) is 59.4 Å². The molecule has 0 aromatic heterocycles. The van der Waals surface area contributed by atoms with Crippen LogP contribution < -0.4 is 10.1 Å². The van der Waals surface area contributed by atoms with Gasteiger partial charge in [0.1, 0.15) is 0 Å². The molecular formula is C17H19BrClNO. The fraction of sp³-hybridized carbons (Fsp3) is 0.294. The van der Waals surface area contributed by atoms with Gasteiger partial charge in [0.15, 0.2) is 5.75 Å². The molecule has 1 unspecified atom stereocenters. The van der Waals surface area contributed by atoms with E-state index in [9.17, 15) is 0 Å². The zero-order valence-corrected chi connectivity index (χ0v) is 14.8. The van der Waals surface area contributed by atoms with E-state index in [1.165, 1.54) is 11.1 Å². The number of halogens is 2. The maximum Gasteiger partial charge on any atom is 0.156 e. The number of hydrogen-bond donors (Lipinski definition) is 1. The number of ether oxygens (including phenoxy) is 1. The second kappa shape index (κ2) is 7.19. The van der Waals surface area contributed by atoms with E-state index < -0.39 is 0 Å². The third-order valence-electron chi connectivity index (χ3n) is 3.25. The first-order chi connectivity index (χ1) is 10.0. The number of benzene rings is 2. The van der Waals surface area contributed by atoms with Gasteiger partial charge in [-0.15, -0.1) is 0 Å². The van der Waals surface area contributed by atoms with Crippen molar-refractivity contribution in [1.82, 2.24) is 0 Å². The van der Waals surface area contributed by atoms with E-state index >= 15 is 0 Å². The molecule has 0 aliphatic heterocycles.